The summed E-state index contributed by atoms with van der Waals surface area (Å²) in [4.78, 5) is 4.00. The number of rotatable bonds is 8. The van der Waals surface area contributed by atoms with Gasteiger partial charge < -0.3 is 9.80 Å². The molecular formula is C55H40F2N2. The van der Waals surface area contributed by atoms with E-state index in [2.05, 4.69) is 62.4 Å². The predicted octanol–water partition coefficient (Wildman–Crippen LogP) is 15.7. The van der Waals surface area contributed by atoms with Crippen LogP contribution in [0.3, 0.4) is 0 Å². The molecule has 0 spiro atoms. The first-order valence-electron chi connectivity index (χ1n) is 20.0. The van der Waals surface area contributed by atoms with Crippen molar-refractivity contribution in [2.24, 2.45) is 0 Å². The molecule has 0 atom stereocenters. The Morgan fingerprint density at radius 1 is 0.339 bits per heavy atom. The lowest BCUT2D eigenvalue weighted by Crippen LogP contribution is -2.17. The zero-order chi connectivity index (χ0) is 40.1. The van der Waals surface area contributed by atoms with Gasteiger partial charge in [-0.25, -0.2) is 8.78 Å². The Labute approximate surface area is 343 Å². The fraction of sp³-hybridized carbons (Fsp3) is 0.0545. The fourth-order valence-corrected chi connectivity index (χ4v) is 8.74. The Morgan fingerprint density at radius 2 is 0.797 bits per heavy atom. The zero-order valence-electron chi connectivity index (χ0n) is 32.8. The maximum absolute atomic E-state index is 16.3. The van der Waals surface area contributed by atoms with Crippen molar-refractivity contribution >= 4 is 44.9 Å². The number of benzene rings is 9. The molecular weight excluding hydrogens is 727 g/mol. The topological polar surface area (TPSA) is 6.48 Å². The summed E-state index contributed by atoms with van der Waals surface area (Å²) in [6.07, 6.45) is 0. The smallest absolute Gasteiger partial charge is 0.147 e. The van der Waals surface area contributed by atoms with E-state index in [4.69, 9.17) is 0 Å². The van der Waals surface area contributed by atoms with E-state index in [0.29, 0.717) is 11.4 Å². The van der Waals surface area contributed by atoms with Crippen molar-refractivity contribution in [3.05, 3.63) is 229 Å². The SMILES string of the molecule is CC1(C)c2cc(N(c3ccccc3)c3ccc(-c4ccccc4)cc3F)ccc2-c2cc3ccc(N(c4ccccc4)c4ccc(-c5ccccc5)cc4F)cc3cc21. The molecule has 9 aromatic carbocycles. The lowest BCUT2D eigenvalue weighted by atomic mass is 9.81. The fourth-order valence-electron chi connectivity index (χ4n) is 8.74. The highest BCUT2D eigenvalue weighted by Crippen LogP contribution is 2.52. The van der Waals surface area contributed by atoms with Gasteiger partial charge in [-0.15, -0.1) is 0 Å². The molecule has 0 saturated heterocycles. The van der Waals surface area contributed by atoms with Crippen LogP contribution in [0, 0.1) is 11.6 Å². The largest absolute Gasteiger partial charge is 0.308 e. The number of halogens is 2. The zero-order valence-corrected chi connectivity index (χ0v) is 32.8. The molecule has 4 heteroatoms. The van der Waals surface area contributed by atoms with E-state index in [1.807, 2.05) is 155 Å². The van der Waals surface area contributed by atoms with Gasteiger partial charge in [0.05, 0.1) is 11.4 Å². The summed E-state index contributed by atoms with van der Waals surface area (Å²) < 4.78 is 32.6. The molecule has 2 nitrogen and oxygen atoms in total. The average Bonchev–Trinajstić information content (AvgIpc) is 3.49. The van der Waals surface area contributed by atoms with Crippen LogP contribution in [-0.4, -0.2) is 0 Å². The summed E-state index contributed by atoms with van der Waals surface area (Å²) in [5.41, 5.74) is 12.4. The molecule has 0 N–H and O–H groups in total. The average molecular weight is 767 g/mol. The predicted molar refractivity (Wildman–Crippen MR) is 242 cm³/mol. The van der Waals surface area contributed by atoms with Crippen LogP contribution >= 0.6 is 0 Å². The molecule has 284 valence electrons. The van der Waals surface area contributed by atoms with Crippen molar-refractivity contribution in [1.82, 2.24) is 0 Å². The number of hydrogen-bond acceptors (Lipinski definition) is 2. The van der Waals surface area contributed by atoms with Crippen LogP contribution in [0.2, 0.25) is 0 Å². The van der Waals surface area contributed by atoms with Crippen LogP contribution in [0.5, 0.6) is 0 Å². The summed E-state index contributed by atoms with van der Waals surface area (Å²) in [5.74, 6) is -0.593. The molecule has 0 radical (unpaired) electrons. The van der Waals surface area contributed by atoms with Crippen LogP contribution in [-0.2, 0) is 5.41 Å². The van der Waals surface area contributed by atoms with Gasteiger partial charge in [0.25, 0.3) is 0 Å². The Bertz CT molecular complexity index is 2980. The highest BCUT2D eigenvalue weighted by Gasteiger charge is 2.36. The Balaban J connectivity index is 1.05. The molecule has 0 fully saturated rings. The molecule has 0 saturated carbocycles. The summed E-state index contributed by atoms with van der Waals surface area (Å²) in [6.45, 7) is 4.53. The first kappa shape index (κ1) is 36.1. The Hall–Kier alpha value is -7.30. The van der Waals surface area contributed by atoms with Crippen LogP contribution < -0.4 is 9.80 Å². The molecule has 59 heavy (non-hydrogen) atoms. The van der Waals surface area contributed by atoms with Gasteiger partial charge in [-0.2, -0.15) is 0 Å². The number of anilines is 6. The third-order valence-corrected chi connectivity index (χ3v) is 11.7. The first-order chi connectivity index (χ1) is 28.8. The molecule has 0 aliphatic heterocycles. The van der Waals surface area contributed by atoms with Gasteiger partial charge in [0.1, 0.15) is 11.6 Å². The first-order valence-corrected chi connectivity index (χ1v) is 20.0. The highest BCUT2D eigenvalue weighted by atomic mass is 19.1. The van der Waals surface area contributed by atoms with E-state index in [0.717, 1.165) is 55.8 Å². The third kappa shape index (κ3) is 6.43. The van der Waals surface area contributed by atoms with Gasteiger partial charge in [0.2, 0.25) is 0 Å². The molecule has 0 aromatic heterocycles. The number of fused-ring (bicyclic) bond motifs is 4. The quantitative estimate of drug-likeness (QED) is 0.152. The van der Waals surface area contributed by atoms with Crippen molar-refractivity contribution < 1.29 is 8.78 Å². The second-order valence-electron chi connectivity index (χ2n) is 15.7. The summed E-state index contributed by atoms with van der Waals surface area (Å²) in [5, 5.41) is 2.16. The molecule has 0 heterocycles. The van der Waals surface area contributed by atoms with Crippen molar-refractivity contribution in [2.45, 2.75) is 19.3 Å². The van der Waals surface area contributed by atoms with Crippen molar-refractivity contribution in [2.75, 3.05) is 9.80 Å². The summed E-state index contributed by atoms with van der Waals surface area (Å²) in [6, 6.07) is 68.2. The molecule has 1 aliphatic carbocycles. The minimum Gasteiger partial charge on any atom is -0.308 e. The highest BCUT2D eigenvalue weighted by molar-refractivity contribution is 5.97. The summed E-state index contributed by atoms with van der Waals surface area (Å²) in [7, 11) is 0. The maximum Gasteiger partial charge on any atom is 0.147 e. The molecule has 0 bridgehead atoms. The van der Waals surface area contributed by atoms with Gasteiger partial charge in [-0.3, -0.25) is 0 Å². The van der Waals surface area contributed by atoms with E-state index >= 15 is 8.78 Å². The monoisotopic (exact) mass is 766 g/mol. The van der Waals surface area contributed by atoms with E-state index in [1.54, 1.807) is 12.1 Å². The maximum atomic E-state index is 16.3. The molecule has 10 rings (SSSR count). The van der Waals surface area contributed by atoms with Gasteiger partial charge in [-0.05, 0) is 140 Å². The van der Waals surface area contributed by atoms with E-state index in [1.165, 1.54) is 22.3 Å². The van der Waals surface area contributed by atoms with E-state index < -0.39 is 0 Å². The van der Waals surface area contributed by atoms with Gasteiger partial charge in [0.15, 0.2) is 0 Å². The molecule has 9 aromatic rings. The molecule has 1 aliphatic rings. The van der Waals surface area contributed by atoms with E-state index in [-0.39, 0.29) is 17.0 Å². The van der Waals surface area contributed by atoms with Gasteiger partial charge >= 0.3 is 0 Å². The van der Waals surface area contributed by atoms with Crippen LogP contribution in [0.4, 0.5) is 42.9 Å². The van der Waals surface area contributed by atoms with Crippen LogP contribution in [0.1, 0.15) is 25.0 Å². The van der Waals surface area contributed by atoms with Crippen LogP contribution in [0.15, 0.2) is 206 Å². The number of para-hydroxylation sites is 2. The number of nitrogens with zero attached hydrogens (tertiary/aromatic N) is 2. The van der Waals surface area contributed by atoms with Gasteiger partial charge in [-0.1, -0.05) is 135 Å². The lowest BCUT2D eigenvalue weighted by Gasteiger charge is -2.28. The van der Waals surface area contributed by atoms with Gasteiger partial charge in [0, 0.05) is 28.2 Å². The lowest BCUT2D eigenvalue weighted by molar-refractivity contribution is 0.629. The number of hydrogen-bond donors (Lipinski definition) is 0. The third-order valence-electron chi connectivity index (χ3n) is 11.7. The van der Waals surface area contributed by atoms with Crippen LogP contribution in [0.25, 0.3) is 44.2 Å². The summed E-state index contributed by atoms with van der Waals surface area (Å²) >= 11 is 0. The minimum absolute atomic E-state index is 0.295. The molecule has 0 unspecified atom stereocenters. The molecule has 0 amide bonds. The normalized spacial score (nSPS) is 12.5. The van der Waals surface area contributed by atoms with E-state index in [9.17, 15) is 0 Å². The minimum atomic E-state index is -0.360. The Morgan fingerprint density at radius 3 is 1.31 bits per heavy atom. The Kier molecular flexibility index (Phi) is 8.91. The van der Waals surface area contributed by atoms with Crippen molar-refractivity contribution in [3.8, 4) is 33.4 Å². The standard InChI is InChI=1S/C55H40F2N2/c1-55(2)49-33-42-31-45(58(43-19-11-5-12-20-43)53-29-24-40(34-51(53)56)37-15-7-3-8-16-37)26-23-39(42)32-48(49)47-28-27-46(36-50(47)55)59(44-21-13-6-14-22-44)54-30-25-41(35-52(54)57)38-17-9-4-10-18-38/h3-36H,1-2H3. The van der Waals surface area contributed by atoms with Crippen molar-refractivity contribution in [1.29, 1.82) is 0 Å². The second-order valence-corrected chi connectivity index (χ2v) is 15.7. The van der Waals surface area contributed by atoms with Crippen molar-refractivity contribution in [3.63, 3.8) is 0 Å². The second kappa shape index (κ2) is 14.6.